The second-order valence-electron chi connectivity index (χ2n) is 5.93. The van der Waals surface area contributed by atoms with Crippen LogP contribution in [0.3, 0.4) is 0 Å². The molecular formula is C15H30N2O. The van der Waals surface area contributed by atoms with E-state index in [1.165, 1.54) is 11.1 Å². The fourth-order valence-electron chi connectivity index (χ4n) is 2.29. The molecule has 2 amide bonds. The average molecular weight is 254 g/mol. The Labute approximate surface area is 113 Å². The predicted octanol–water partition coefficient (Wildman–Crippen LogP) is 3.81. The molecule has 18 heavy (non-hydrogen) atoms. The Morgan fingerprint density at radius 2 is 1.44 bits per heavy atom. The van der Waals surface area contributed by atoms with Gasteiger partial charge in [0.2, 0.25) is 0 Å². The molecule has 3 nitrogen and oxygen atoms in total. The second kappa shape index (κ2) is 7.45. The van der Waals surface area contributed by atoms with E-state index < -0.39 is 0 Å². The molecule has 0 heterocycles. The maximum atomic E-state index is 12.2. The van der Waals surface area contributed by atoms with Gasteiger partial charge < -0.3 is 10.2 Å². The van der Waals surface area contributed by atoms with Crippen LogP contribution in [0.2, 0.25) is 0 Å². The third kappa shape index (κ3) is 5.11. The molecule has 0 aromatic heterocycles. The van der Waals surface area contributed by atoms with Crippen LogP contribution in [0.15, 0.2) is 11.1 Å². The Bertz CT molecular complexity index is 292. The topological polar surface area (TPSA) is 32.3 Å². The van der Waals surface area contributed by atoms with Crippen molar-refractivity contribution < 1.29 is 4.79 Å². The summed E-state index contributed by atoms with van der Waals surface area (Å²) in [5, 5.41) is 3.04. The van der Waals surface area contributed by atoms with E-state index in [2.05, 4.69) is 33.0 Å². The van der Waals surface area contributed by atoms with Crippen LogP contribution in [-0.2, 0) is 0 Å². The molecule has 0 radical (unpaired) electrons. The highest BCUT2D eigenvalue weighted by Gasteiger charge is 2.20. The van der Waals surface area contributed by atoms with Crippen molar-refractivity contribution in [3.05, 3.63) is 11.1 Å². The molecule has 1 N–H and O–H groups in total. The molecule has 0 unspecified atom stereocenters. The van der Waals surface area contributed by atoms with Crippen molar-refractivity contribution in [3.8, 4) is 0 Å². The van der Waals surface area contributed by atoms with Gasteiger partial charge in [-0.3, -0.25) is 0 Å². The van der Waals surface area contributed by atoms with Crippen LogP contribution in [0.1, 0.15) is 55.4 Å². The Balaban J connectivity index is 4.63. The molecule has 106 valence electrons. The first-order valence-electron chi connectivity index (χ1n) is 6.90. The number of amides is 2. The van der Waals surface area contributed by atoms with E-state index in [9.17, 15) is 4.79 Å². The van der Waals surface area contributed by atoms with E-state index in [1.807, 2.05) is 32.6 Å². The lowest BCUT2D eigenvalue weighted by atomic mass is 9.99. The molecular weight excluding hydrogens is 224 g/mol. The lowest BCUT2D eigenvalue weighted by Gasteiger charge is -2.31. The quantitative estimate of drug-likeness (QED) is 0.743. The number of urea groups is 1. The van der Waals surface area contributed by atoms with Crippen LogP contribution in [0.5, 0.6) is 0 Å². The fraction of sp³-hybridized carbons (Fsp3) is 0.800. The van der Waals surface area contributed by atoms with Gasteiger partial charge >= 0.3 is 6.03 Å². The summed E-state index contributed by atoms with van der Waals surface area (Å²) in [7, 11) is 0. The minimum absolute atomic E-state index is 0.0272. The van der Waals surface area contributed by atoms with Gasteiger partial charge in [0.15, 0.2) is 0 Å². The van der Waals surface area contributed by atoms with Gasteiger partial charge in [0.25, 0.3) is 0 Å². The van der Waals surface area contributed by atoms with Gasteiger partial charge in [0.05, 0.1) is 0 Å². The number of hydrogen-bond donors (Lipinski definition) is 1. The number of rotatable bonds is 5. The Kier molecular flexibility index (Phi) is 7.04. The number of nitrogens with one attached hydrogen (secondary N) is 1. The molecule has 0 aliphatic carbocycles. The molecule has 0 saturated carbocycles. The van der Waals surface area contributed by atoms with Crippen molar-refractivity contribution >= 4 is 6.03 Å². The highest BCUT2D eigenvalue weighted by Crippen LogP contribution is 2.14. The van der Waals surface area contributed by atoms with Gasteiger partial charge in [0, 0.05) is 18.6 Å². The number of allylic oxidation sites excluding steroid dienone is 1. The van der Waals surface area contributed by atoms with Crippen molar-refractivity contribution in [2.24, 2.45) is 5.92 Å². The third-order valence-electron chi connectivity index (χ3n) is 3.12. The summed E-state index contributed by atoms with van der Waals surface area (Å²) in [5.41, 5.74) is 2.61. The Hall–Kier alpha value is -0.990. The standard InChI is InChI=1S/C15H30N2O/c1-10(2)14(11(3)4)9-16-15(18)17(12(5)6)13(7)8/h10,12-13H,9H2,1-8H3,(H,16,18). The van der Waals surface area contributed by atoms with Gasteiger partial charge in [-0.2, -0.15) is 0 Å². The van der Waals surface area contributed by atoms with Crippen molar-refractivity contribution in [2.75, 3.05) is 6.54 Å². The van der Waals surface area contributed by atoms with Gasteiger partial charge in [-0.05, 0) is 53.0 Å². The second-order valence-corrected chi connectivity index (χ2v) is 5.93. The molecule has 0 aromatic rings. The lowest BCUT2D eigenvalue weighted by Crippen LogP contribution is -2.48. The SMILES string of the molecule is CC(C)=C(CNC(=O)N(C(C)C)C(C)C)C(C)C. The molecule has 0 atom stereocenters. The molecule has 3 heteroatoms. The summed E-state index contributed by atoms with van der Waals surface area (Å²) in [6, 6.07) is 0.470. The summed E-state index contributed by atoms with van der Waals surface area (Å²) >= 11 is 0. The Morgan fingerprint density at radius 3 is 1.72 bits per heavy atom. The maximum absolute atomic E-state index is 12.2. The van der Waals surface area contributed by atoms with E-state index in [0.717, 1.165) is 0 Å². The third-order valence-corrected chi connectivity index (χ3v) is 3.12. The van der Waals surface area contributed by atoms with Crippen LogP contribution in [0.25, 0.3) is 0 Å². The highest BCUT2D eigenvalue weighted by atomic mass is 16.2. The molecule has 0 aromatic carbocycles. The van der Waals surface area contributed by atoms with Gasteiger partial charge in [-0.15, -0.1) is 0 Å². The lowest BCUT2D eigenvalue weighted by molar-refractivity contribution is 0.165. The minimum Gasteiger partial charge on any atom is -0.334 e. The first kappa shape index (κ1) is 17.0. The summed E-state index contributed by atoms with van der Waals surface area (Å²) in [5.74, 6) is 0.474. The minimum atomic E-state index is 0.0272. The van der Waals surface area contributed by atoms with E-state index in [0.29, 0.717) is 12.5 Å². The monoisotopic (exact) mass is 254 g/mol. The van der Waals surface area contributed by atoms with Crippen LogP contribution in [0, 0.1) is 5.92 Å². The average Bonchev–Trinajstić information content (AvgIpc) is 2.14. The normalized spacial score (nSPS) is 11.1. The zero-order valence-electron chi connectivity index (χ0n) is 13.3. The highest BCUT2D eigenvalue weighted by molar-refractivity contribution is 5.75. The number of carbonyl (C=O) groups is 1. The molecule has 0 saturated heterocycles. The zero-order chi connectivity index (χ0) is 14.5. The number of carbonyl (C=O) groups excluding carboxylic acids is 1. The van der Waals surface area contributed by atoms with Crippen LogP contribution in [0.4, 0.5) is 4.79 Å². The first-order valence-corrected chi connectivity index (χ1v) is 6.90. The maximum Gasteiger partial charge on any atom is 0.318 e. The van der Waals surface area contributed by atoms with E-state index in [1.54, 1.807) is 0 Å². The van der Waals surface area contributed by atoms with Crippen LogP contribution < -0.4 is 5.32 Å². The zero-order valence-corrected chi connectivity index (χ0v) is 13.3. The van der Waals surface area contributed by atoms with Crippen molar-refractivity contribution in [1.29, 1.82) is 0 Å². The Morgan fingerprint density at radius 1 is 1.00 bits per heavy atom. The van der Waals surface area contributed by atoms with E-state index >= 15 is 0 Å². The van der Waals surface area contributed by atoms with Gasteiger partial charge in [-0.1, -0.05) is 19.4 Å². The summed E-state index contributed by atoms with van der Waals surface area (Å²) in [6.45, 7) is 17.4. The molecule has 0 rings (SSSR count). The smallest absolute Gasteiger partial charge is 0.318 e. The molecule has 0 bridgehead atoms. The molecule has 0 spiro atoms. The van der Waals surface area contributed by atoms with Crippen molar-refractivity contribution in [2.45, 2.75) is 67.5 Å². The van der Waals surface area contributed by atoms with Crippen molar-refractivity contribution in [1.82, 2.24) is 10.2 Å². The van der Waals surface area contributed by atoms with Crippen molar-refractivity contribution in [3.63, 3.8) is 0 Å². The number of nitrogens with zero attached hydrogens (tertiary/aromatic N) is 1. The van der Waals surface area contributed by atoms with E-state index in [-0.39, 0.29) is 18.1 Å². The first-order chi connectivity index (χ1) is 8.18. The molecule has 0 aliphatic rings. The number of hydrogen-bond acceptors (Lipinski definition) is 1. The fourth-order valence-corrected chi connectivity index (χ4v) is 2.29. The van der Waals surface area contributed by atoms with Crippen LogP contribution >= 0.6 is 0 Å². The largest absolute Gasteiger partial charge is 0.334 e. The predicted molar refractivity (Wildman–Crippen MR) is 78.7 cm³/mol. The van der Waals surface area contributed by atoms with Gasteiger partial charge in [-0.25, -0.2) is 4.79 Å². The summed E-state index contributed by atoms with van der Waals surface area (Å²) < 4.78 is 0. The van der Waals surface area contributed by atoms with Crippen LogP contribution in [-0.4, -0.2) is 29.6 Å². The summed E-state index contributed by atoms with van der Waals surface area (Å²) in [6.07, 6.45) is 0. The van der Waals surface area contributed by atoms with Gasteiger partial charge in [0.1, 0.15) is 0 Å². The van der Waals surface area contributed by atoms with E-state index in [4.69, 9.17) is 0 Å². The summed E-state index contributed by atoms with van der Waals surface area (Å²) in [4.78, 5) is 14.0. The molecule has 0 fully saturated rings. The molecule has 0 aliphatic heterocycles.